The van der Waals surface area contributed by atoms with Crippen LogP contribution in [0.4, 0.5) is 0 Å². The highest BCUT2D eigenvalue weighted by atomic mass is 32.2. The zero-order valence-electron chi connectivity index (χ0n) is 10.7. The molecule has 100 valence electrons. The first-order valence-corrected chi connectivity index (χ1v) is 6.37. The van der Waals surface area contributed by atoms with Crippen molar-refractivity contribution in [2.75, 3.05) is 27.6 Å². The highest BCUT2D eigenvalue weighted by molar-refractivity contribution is 7.98. The van der Waals surface area contributed by atoms with Crippen LogP contribution in [0.2, 0.25) is 0 Å². The van der Waals surface area contributed by atoms with Gasteiger partial charge in [-0.1, -0.05) is 0 Å². The summed E-state index contributed by atoms with van der Waals surface area (Å²) >= 11 is 1.48. The molecule has 0 amide bonds. The Kier molecular flexibility index (Phi) is 5.30. The van der Waals surface area contributed by atoms with Gasteiger partial charge >= 0.3 is 5.97 Å². The summed E-state index contributed by atoms with van der Waals surface area (Å²) in [6, 6.07) is 3.29. The largest absolute Gasteiger partial charge is 0.496 e. The third kappa shape index (κ3) is 2.88. The minimum Gasteiger partial charge on any atom is -0.496 e. The first-order valence-electron chi connectivity index (χ1n) is 5.14. The minimum atomic E-state index is -1.39. The molecule has 1 N–H and O–H groups in total. The Morgan fingerprint density at radius 1 is 1.22 bits per heavy atom. The van der Waals surface area contributed by atoms with Gasteiger partial charge in [0.1, 0.15) is 11.5 Å². The number of methoxy groups -OCH3 is 3. The summed E-state index contributed by atoms with van der Waals surface area (Å²) < 4.78 is 14.9. The van der Waals surface area contributed by atoms with E-state index in [0.717, 1.165) is 4.90 Å². The average molecular weight is 272 g/mol. The van der Waals surface area contributed by atoms with E-state index in [-0.39, 0.29) is 0 Å². The second-order valence-electron chi connectivity index (χ2n) is 3.37. The number of thioether (sulfide) groups is 1. The molecule has 0 radical (unpaired) electrons. The predicted molar refractivity (Wildman–Crippen MR) is 68.3 cm³/mol. The summed E-state index contributed by atoms with van der Waals surface area (Å²) in [6.45, 7) is 0. The van der Waals surface area contributed by atoms with E-state index in [1.807, 2.05) is 6.26 Å². The van der Waals surface area contributed by atoms with E-state index >= 15 is 0 Å². The summed E-state index contributed by atoms with van der Waals surface area (Å²) in [4.78, 5) is 12.2. The third-order valence-corrected chi connectivity index (χ3v) is 3.21. The molecule has 0 aliphatic heterocycles. The maximum Gasteiger partial charge on any atom is 0.339 e. The van der Waals surface area contributed by atoms with Gasteiger partial charge in [0.15, 0.2) is 6.10 Å². The Balaban J connectivity index is 3.29. The normalized spacial score (nSPS) is 11.8. The SMILES string of the molecule is COC(=O)C(O)c1cc(OC)c(SC)cc1OC. The van der Waals surface area contributed by atoms with Crippen LogP contribution in [0.1, 0.15) is 11.7 Å². The van der Waals surface area contributed by atoms with Gasteiger partial charge in [0.05, 0.1) is 26.2 Å². The summed E-state index contributed by atoms with van der Waals surface area (Å²) in [5.74, 6) is 0.242. The van der Waals surface area contributed by atoms with Gasteiger partial charge < -0.3 is 19.3 Å². The predicted octanol–water partition coefficient (Wildman–Crippen LogP) is 1.63. The number of esters is 1. The summed E-state index contributed by atoms with van der Waals surface area (Å²) in [5.41, 5.74) is 0.319. The van der Waals surface area contributed by atoms with Gasteiger partial charge in [-0.15, -0.1) is 11.8 Å². The number of hydrogen-bond acceptors (Lipinski definition) is 6. The van der Waals surface area contributed by atoms with E-state index in [4.69, 9.17) is 9.47 Å². The molecule has 0 aliphatic carbocycles. The number of ether oxygens (including phenoxy) is 3. The lowest BCUT2D eigenvalue weighted by Gasteiger charge is -2.16. The van der Waals surface area contributed by atoms with Crippen molar-refractivity contribution >= 4 is 17.7 Å². The number of carbonyl (C=O) groups excluding carboxylic acids is 1. The maximum atomic E-state index is 11.4. The van der Waals surface area contributed by atoms with E-state index in [2.05, 4.69) is 4.74 Å². The van der Waals surface area contributed by atoms with Crippen LogP contribution in [0.5, 0.6) is 11.5 Å². The quantitative estimate of drug-likeness (QED) is 0.649. The second kappa shape index (κ2) is 6.51. The lowest BCUT2D eigenvalue weighted by atomic mass is 10.1. The van der Waals surface area contributed by atoms with E-state index in [1.54, 1.807) is 12.1 Å². The molecule has 1 aromatic rings. The molecule has 0 saturated heterocycles. The molecule has 0 aliphatic rings. The zero-order chi connectivity index (χ0) is 13.7. The summed E-state index contributed by atoms with van der Waals surface area (Å²) in [5, 5.41) is 9.87. The van der Waals surface area contributed by atoms with Crippen LogP contribution in [0.3, 0.4) is 0 Å². The fourth-order valence-electron chi connectivity index (χ4n) is 1.51. The number of aliphatic hydroxyl groups excluding tert-OH is 1. The monoisotopic (exact) mass is 272 g/mol. The van der Waals surface area contributed by atoms with Gasteiger partial charge in [-0.25, -0.2) is 4.79 Å². The van der Waals surface area contributed by atoms with Crippen LogP contribution in [0, 0.1) is 0 Å². The maximum absolute atomic E-state index is 11.4. The van der Waals surface area contributed by atoms with Crippen molar-refractivity contribution in [2.24, 2.45) is 0 Å². The van der Waals surface area contributed by atoms with Gasteiger partial charge in [0.2, 0.25) is 0 Å². The van der Waals surface area contributed by atoms with Crippen molar-refractivity contribution in [2.45, 2.75) is 11.0 Å². The lowest BCUT2D eigenvalue weighted by molar-refractivity contribution is -0.150. The molecule has 5 nitrogen and oxygen atoms in total. The van der Waals surface area contributed by atoms with E-state index < -0.39 is 12.1 Å². The van der Waals surface area contributed by atoms with Gasteiger partial charge in [-0.3, -0.25) is 0 Å². The molecule has 0 spiro atoms. The molecule has 1 aromatic carbocycles. The minimum absolute atomic E-state index is 0.319. The van der Waals surface area contributed by atoms with Crippen LogP contribution in [-0.2, 0) is 9.53 Å². The molecule has 1 unspecified atom stereocenters. The van der Waals surface area contributed by atoms with Gasteiger partial charge in [-0.2, -0.15) is 0 Å². The summed E-state index contributed by atoms with van der Waals surface area (Å²) in [6.07, 6.45) is 0.503. The zero-order valence-corrected chi connectivity index (χ0v) is 11.5. The van der Waals surface area contributed by atoms with Crippen LogP contribution < -0.4 is 9.47 Å². The van der Waals surface area contributed by atoms with Gasteiger partial charge in [-0.05, 0) is 18.4 Å². The molecule has 0 aromatic heterocycles. The van der Waals surface area contributed by atoms with Crippen LogP contribution in [-0.4, -0.2) is 38.7 Å². The summed E-state index contributed by atoms with van der Waals surface area (Å²) in [7, 11) is 4.21. The van der Waals surface area contributed by atoms with Crippen molar-refractivity contribution in [3.63, 3.8) is 0 Å². The molecule has 6 heteroatoms. The first-order chi connectivity index (χ1) is 8.58. The molecule has 0 fully saturated rings. The van der Waals surface area contributed by atoms with Crippen molar-refractivity contribution < 1.29 is 24.1 Å². The van der Waals surface area contributed by atoms with Gasteiger partial charge in [0.25, 0.3) is 0 Å². The fourth-order valence-corrected chi connectivity index (χ4v) is 2.07. The van der Waals surface area contributed by atoms with Crippen LogP contribution in [0.25, 0.3) is 0 Å². The van der Waals surface area contributed by atoms with Crippen molar-refractivity contribution in [3.05, 3.63) is 17.7 Å². The Hall–Kier alpha value is -1.40. The smallest absolute Gasteiger partial charge is 0.339 e. The third-order valence-electron chi connectivity index (χ3n) is 2.45. The lowest BCUT2D eigenvalue weighted by Crippen LogP contribution is -2.14. The number of benzene rings is 1. The highest BCUT2D eigenvalue weighted by Crippen LogP contribution is 2.37. The Labute approximate surface area is 110 Å². The van der Waals surface area contributed by atoms with Crippen molar-refractivity contribution in [1.82, 2.24) is 0 Å². The number of hydrogen-bond donors (Lipinski definition) is 1. The Bertz CT molecular complexity index is 433. The number of carbonyl (C=O) groups is 1. The van der Waals surface area contributed by atoms with E-state index in [0.29, 0.717) is 17.1 Å². The average Bonchev–Trinajstić information content (AvgIpc) is 2.43. The van der Waals surface area contributed by atoms with E-state index in [1.165, 1.54) is 33.1 Å². The molecule has 0 saturated carbocycles. The molecule has 1 rings (SSSR count). The molecular formula is C12H16O5S. The molecular weight excluding hydrogens is 256 g/mol. The van der Waals surface area contributed by atoms with Crippen LogP contribution >= 0.6 is 11.8 Å². The molecule has 18 heavy (non-hydrogen) atoms. The Morgan fingerprint density at radius 3 is 2.28 bits per heavy atom. The molecule has 0 heterocycles. The van der Waals surface area contributed by atoms with Crippen LogP contribution in [0.15, 0.2) is 17.0 Å². The van der Waals surface area contributed by atoms with Gasteiger partial charge in [0, 0.05) is 5.56 Å². The highest BCUT2D eigenvalue weighted by Gasteiger charge is 2.24. The Morgan fingerprint density at radius 2 is 1.83 bits per heavy atom. The molecule has 0 bridgehead atoms. The fraction of sp³-hybridized carbons (Fsp3) is 0.417. The molecule has 1 atom stereocenters. The van der Waals surface area contributed by atoms with E-state index in [9.17, 15) is 9.90 Å². The standard InChI is InChI=1S/C12H16O5S/c1-15-8-6-10(18-4)9(16-2)5-7(8)11(13)12(14)17-3/h5-6,11,13H,1-4H3. The topological polar surface area (TPSA) is 65.0 Å². The first kappa shape index (κ1) is 14.7. The van der Waals surface area contributed by atoms with Crippen molar-refractivity contribution in [3.8, 4) is 11.5 Å². The second-order valence-corrected chi connectivity index (χ2v) is 4.22. The van der Waals surface area contributed by atoms with Crippen molar-refractivity contribution in [1.29, 1.82) is 0 Å². The number of rotatable bonds is 5. The number of aliphatic hydroxyl groups is 1.